The van der Waals surface area contributed by atoms with Crippen LogP contribution in [0.3, 0.4) is 0 Å². The summed E-state index contributed by atoms with van der Waals surface area (Å²) in [6.07, 6.45) is 1.90. The van der Waals surface area contributed by atoms with Crippen LogP contribution in [-0.4, -0.2) is 31.7 Å². The van der Waals surface area contributed by atoms with Crippen LogP contribution in [-0.2, 0) is 0 Å². The number of anilines is 1. The van der Waals surface area contributed by atoms with E-state index in [1.54, 1.807) is 0 Å². The smallest absolute Gasteiger partial charge is 0.255 e. The van der Waals surface area contributed by atoms with E-state index in [4.69, 9.17) is 0 Å². The van der Waals surface area contributed by atoms with Crippen LogP contribution < -0.4 is 15.5 Å². The fourth-order valence-electron chi connectivity index (χ4n) is 2.85. The molecule has 1 spiro atoms. The zero-order valence-corrected chi connectivity index (χ0v) is 11.2. The predicted octanol–water partition coefficient (Wildman–Crippen LogP) is 1.37. The Morgan fingerprint density at radius 1 is 1.22 bits per heavy atom. The summed E-state index contributed by atoms with van der Waals surface area (Å²) in [5, 5.41) is 6.52. The fraction of sp³-hybridized carbons (Fsp3) is 0.462. The van der Waals surface area contributed by atoms with Crippen LogP contribution in [0.2, 0.25) is 0 Å². The number of amides is 1. The lowest BCUT2D eigenvalue weighted by Gasteiger charge is -2.49. The summed E-state index contributed by atoms with van der Waals surface area (Å²) in [6.45, 7) is 1.90. The highest BCUT2D eigenvalue weighted by Gasteiger charge is 2.42. The molecule has 2 aliphatic heterocycles. The second-order valence-electron chi connectivity index (χ2n) is 4.81. The van der Waals surface area contributed by atoms with Gasteiger partial charge in [0, 0.05) is 19.9 Å². The lowest BCUT2D eigenvalue weighted by atomic mass is 9.91. The van der Waals surface area contributed by atoms with Crippen molar-refractivity contribution in [2.24, 2.45) is 0 Å². The Labute approximate surface area is 113 Å². The lowest BCUT2D eigenvalue weighted by Crippen LogP contribution is -2.66. The third-order valence-electron chi connectivity index (χ3n) is 3.93. The van der Waals surface area contributed by atoms with E-state index >= 15 is 0 Å². The first kappa shape index (κ1) is 13.2. The van der Waals surface area contributed by atoms with E-state index in [1.807, 2.05) is 24.3 Å². The number of piperidine rings is 1. The Balaban J connectivity index is 0.00000120. The molecule has 0 radical (unpaired) electrons. The van der Waals surface area contributed by atoms with Gasteiger partial charge in [0.1, 0.15) is 5.66 Å². The van der Waals surface area contributed by atoms with Crippen molar-refractivity contribution in [3.63, 3.8) is 0 Å². The number of benzene rings is 1. The number of rotatable bonds is 0. The van der Waals surface area contributed by atoms with Gasteiger partial charge in [-0.15, -0.1) is 12.4 Å². The van der Waals surface area contributed by atoms with E-state index in [0.717, 1.165) is 37.2 Å². The third kappa shape index (κ3) is 1.85. The first-order chi connectivity index (χ1) is 8.23. The summed E-state index contributed by atoms with van der Waals surface area (Å²) in [5.74, 6) is 0.0561. The SMILES string of the molecule is CN1c2ccccc2C(=O)NC12CCNCC2.Cl. The predicted molar refractivity (Wildman–Crippen MR) is 74.4 cm³/mol. The number of nitrogens with zero attached hydrogens (tertiary/aromatic N) is 1. The topological polar surface area (TPSA) is 44.4 Å². The van der Waals surface area contributed by atoms with Gasteiger partial charge in [-0.2, -0.15) is 0 Å². The van der Waals surface area contributed by atoms with Crippen molar-refractivity contribution in [1.82, 2.24) is 10.6 Å². The van der Waals surface area contributed by atoms with E-state index in [0.29, 0.717) is 0 Å². The molecule has 18 heavy (non-hydrogen) atoms. The first-order valence-corrected chi connectivity index (χ1v) is 6.09. The Kier molecular flexibility index (Phi) is 3.50. The van der Waals surface area contributed by atoms with E-state index < -0.39 is 0 Å². The average Bonchev–Trinajstić information content (AvgIpc) is 2.37. The molecule has 1 fully saturated rings. The maximum atomic E-state index is 12.1. The van der Waals surface area contributed by atoms with Crippen LogP contribution in [0, 0.1) is 0 Å². The lowest BCUT2D eigenvalue weighted by molar-refractivity contribution is 0.0856. The molecule has 1 saturated heterocycles. The standard InChI is InChI=1S/C13H17N3O.ClH/c1-16-11-5-3-2-4-10(11)12(17)15-13(16)6-8-14-9-7-13;/h2-5,14H,6-9H2,1H3,(H,15,17);1H. The number of carbonyl (C=O) groups is 1. The second kappa shape index (κ2) is 4.78. The van der Waals surface area contributed by atoms with Gasteiger partial charge in [0.15, 0.2) is 0 Å². The van der Waals surface area contributed by atoms with Crippen LogP contribution >= 0.6 is 12.4 Å². The average molecular weight is 268 g/mol. The molecule has 1 aromatic carbocycles. The molecule has 98 valence electrons. The van der Waals surface area contributed by atoms with Crippen molar-refractivity contribution < 1.29 is 4.79 Å². The molecule has 0 aromatic heterocycles. The molecule has 1 amide bonds. The zero-order valence-electron chi connectivity index (χ0n) is 10.4. The van der Waals surface area contributed by atoms with Gasteiger partial charge in [-0.3, -0.25) is 4.79 Å². The van der Waals surface area contributed by atoms with Crippen LogP contribution in [0.5, 0.6) is 0 Å². The summed E-state index contributed by atoms with van der Waals surface area (Å²) in [7, 11) is 2.07. The number of hydrogen-bond acceptors (Lipinski definition) is 3. The molecule has 3 rings (SSSR count). The molecule has 0 unspecified atom stereocenters. The Bertz CT molecular complexity index is 457. The quantitative estimate of drug-likeness (QED) is 0.746. The van der Waals surface area contributed by atoms with Gasteiger partial charge in [-0.05, 0) is 25.2 Å². The second-order valence-corrected chi connectivity index (χ2v) is 4.81. The van der Waals surface area contributed by atoms with Gasteiger partial charge in [0.05, 0.1) is 11.3 Å². The molecule has 4 nitrogen and oxygen atoms in total. The number of nitrogens with one attached hydrogen (secondary N) is 2. The molecule has 1 aromatic rings. The number of fused-ring (bicyclic) bond motifs is 1. The molecule has 2 N–H and O–H groups in total. The van der Waals surface area contributed by atoms with Crippen molar-refractivity contribution in [2.45, 2.75) is 18.5 Å². The van der Waals surface area contributed by atoms with E-state index in [2.05, 4.69) is 22.6 Å². The van der Waals surface area contributed by atoms with Crippen LogP contribution in [0.15, 0.2) is 24.3 Å². The molecule has 0 saturated carbocycles. The van der Waals surface area contributed by atoms with Gasteiger partial charge in [0.2, 0.25) is 0 Å². The molecule has 0 atom stereocenters. The number of hydrogen-bond donors (Lipinski definition) is 2. The zero-order chi connectivity index (χ0) is 11.9. The molecule has 0 aliphatic carbocycles. The largest absolute Gasteiger partial charge is 0.351 e. The fourth-order valence-corrected chi connectivity index (χ4v) is 2.85. The molecule has 2 aliphatic rings. The van der Waals surface area contributed by atoms with E-state index in [1.165, 1.54) is 0 Å². The summed E-state index contributed by atoms with van der Waals surface area (Å²) >= 11 is 0. The van der Waals surface area contributed by atoms with Gasteiger partial charge < -0.3 is 15.5 Å². The number of carbonyl (C=O) groups excluding carboxylic acids is 1. The van der Waals surface area contributed by atoms with Crippen molar-refractivity contribution in [3.05, 3.63) is 29.8 Å². The van der Waals surface area contributed by atoms with Gasteiger partial charge in [-0.25, -0.2) is 0 Å². The summed E-state index contributed by atoms with van der Waals surface area (Å²) < 4.78 is 0. The van der Waals surface area contributed by atoms with Gasteiger partial charge >= 0.3 is 0 Å². The highest BCUT2D eigenvalue weighted by molar-refractivity contribution is 6.02. The van der Waals surface area contributed by atoms with Gasteiger partial charge in [-0.1, -0.05) is 12.1 Å². The highest BCUT2D eigenvalue weighted by atomic mass is 35.5. The minimum absolute atomic E-state index is 0. The Morgan fingerprint density at radius 3 is 2.61 bits per heavy atom. The van der Waals surface area contributed by atoms with Gasteiger partial charge in [0.25, 0.3) is 5.91 Å². The van der Waals surface area contributed by atoms with E-state index in [-0.39, 0.29) is 24.0 Å². The number of para-hydroxylation sites is 1. The van der Waals surface area contributed by atoms with E-state index in [9.17, 15) is 4.79 Å². The minimum atomic E-state index is -0.198. The molecular formula is C13H18ClN3O. The molecule has 2 heterocycles. The van der Waals surface area contributed by atoms with Crippen molar-refractivity contribution in [2.75, 3.05) is 25.0 Å². The molecule has 5 heteroatoms. The summed E-state index contributed by atoms with van der Waals surface area (Å²) in [6, 6.07) is 7.81. The van der Waals surface area contributed by atoms with Crippen molar-refractivity contribution in [1.29, 1.82) is 0 Å². The third-order valence-corrected chi connectivity index (χ3v) is 3.93. The normalized spacial score (nSPS) is 20.9. The summed E-state index contributed by atoms with van der Waals surface area (Å²) in [4.78, 5) is 14.4. The maximum absolute atomic E-state index is 12.1. The van der Waals surface area contributed by atoms with Crippen molar-refractivity contribution in [3.8, 4) is 0 Å². The van der Waals surface area contributed by atoms with Crippen molar-refractivity contribution >= 4 is 24.0 Å². The molecular weight excluding hydrogens is 250 g/mol. The first-order valence-electron chi connectivity index (χ1n) is 6.09. The Morgan fingerprint density at radius 2 is 1.89 bits per heavy atom. The van der Waals surface area contributed by atoms with Crippen LogP contribution in [0.4, 0.5) is 5.69 Å². The minimum Gasteiger partial charge on any atom is -0.351 e. The highest BCUT2D eigenvalue weighted by Crippen LogP contribution is 2.34. The van der Waals surface area contributed by atoms with Crippen LogP contribution in [0.25, 0.3) is 0 Å². The maximum Gasteiger partial charge on any atom is 0.255 e. The monoisotopic (exact) mass is 267 g/mol. The Hall–Kier alpha value is -1.26. The van der Waals surface area contributed by atoms with Crippen LogP contribution in [0.1, 0.15) is 23.2 Å². The number of halogens is 1. The molecule has 0 bridgehead atoms. The summed E-state index contributed by atoms with van der Waals surface area (Å²) in [5.41, 5.74) is 1.62.